The van der Waals surface area contributed by atoms with E-state index in [2.05, 4.69) is 10.2 Å². The van der Waals surface area contributed by atoms with Crippen LogP contribution >= 0.6 is 11.6 Å². The number of carbonyl (C=O) groups excluding carboxylic acids is 1. The fraction of sp³-hybridized carbons (Fsp3) is 0.435. The van der Waals surface area contributed by atoms with Crippen LogP contribution in [0.5, 0.6) is 17.2 Å². The number of nitrogens with one attached hydrogen (secondary N) is 1. The molecule has 2 N–H and O–H groups in total. The summed E-state index contributed by atoms with van der Waals surface area (Å²) in [6, 6.07) is 10.8. The Morgan fingerprint density at radius 3 is 2.50 bits per heavy atom. The Labute approximate surface area is 181 Å². The zero-order chi connectivity index (χ0) is 21.3. The molecular weight excluding hydrogens is 404 g/mol. The van der Waals surface area contributed by atoms with Gasteiger partial charge in [0.15, 0.2) is 11.5 Å². The Hall–Kier alpha value is -2.44. The lowest BCUT2D eigenvalue weighted by Crippen LogP contribution is -2.35. The average molecular weight is 431 g/mol. The molecule has 1 saturated heterocycles. The molecule has 1 atom stereocenters. The number of aromatic hydroxyl groups is 1. The summed E-state index contributed by atoms with van der Waals surface area (Å²) in [5.74, 6) is 1.38. The predicted octanol–water partition coefficient (Wildman–Crippen LogP) is 4.30. The molecule has 0 aromatic heterocycles. The smallest absolute Gasteiger partial charge is 0.228 e. The van der Waals surface area contributed by atoms with Crippen molar-refractivity contribution >= 4 is 23.2 Å². The molecule has 1 unspecified atom stereocenters. The number of piperidine rings is 1. The molecule has 2 aromatic carbocycles. The summed E-state index contributed by atoms with van der Waals surface area (Å²) in [5, 5.41) is 13.5. The second-order valence-corrected chi connectivity index (χ2v) is 8.65. The molecular formula is C23H27ClN2O4. The topological polar surface area (TPSA) is 71.0 Å². The normalized spacial score (nSPS) is 20.0. The van der Waals surface area contributed by atoms with E-state index < -0.39 is 0 Å². The number of amides is 1. The molecule has 2 fully saturated rings. The van der Waals surface area contributed by atoms with E-state index in [1.807, 2.05) is 12.1 Å². The number of rotatable bonds is 6. The van der Waals surface area contributed by atoms with E-state index in [1.165, 1.54) is 0 Å². The molecule has 160 valence electrons. The number of nitrogens with zero attached hydrogens (tertiary/aromatic N) is 1. The van der Waals surface area contributed by atoms with E-state index in [9.17, 15) is 9.90 Å². The maximum absolute atomic E-state index is 12.7. The van der Waals surface area contributed by atoms with Crippen molar-refractivity contribution in [2.75, 3.05) is 32.6 Å². The number of methoxy groups -OCH3 is 2. The average Bonchev–Trinajstić information content (AvgIpc) is 3.44. The highest BCUT2D eigenvalue weighted by Gasteiger charge is 2.58. The molecule has 1 aliphatic carbocycles. The van der Waals surface area contributed by atoms with E-state index in [4.69, 9.17) is 21.1 Å². The molecule has 30 heavy (non-hydrogen) atoms. The highest BCUT2D eigenvalue weighted by molar-refractivity contribution is 6.32. The lowest BCUT2D eigenvalue weighted by atomic mass is 9.90. The van der Waals surface area contributed by atoms with Gasteiger partial charge in [0.05, 0.1) is 19.2 Å². The van der Waals surface area contributed by atoms with Crippen molar-refractivity contribution in [2.24, 2.45) is 11.3 Å². The van der Waals surface area contributed by atoms with E-state index in [1.54, 1.807) is 38.5 Å². The summed E-state index contributed by atoms with van der Waals surface area (Å²) >= 11 is 6.16. The number of hydrogen-bond acceptors (Lipinski definition) is 5. The first-order chi connectivity index (χ1) is 14.4. The van der Waals surface area contributed by atoms with Crippen LogP contribution in [0.2, 0.25) is 5.02 Å². The third kappa shape index (κ3) is 4.20. The van der Waals surface area contributed by atoms with Gasteiger partial charge in [0.25, 0.3) is 0 Å². The number of halogens is 1. The monoisotopic (exact) mass is 430 g/mol. The first-order valence-electron chi connectivity index (χ1n) is 10.2. The molecule has 1 aliphatic heterocycles. The SMILES string of the molecule is COc1ccc(CN2CCC3(CC2)CC3C(=O)Nc2ccc(OC)c(Cl)c2)cc1O. The van der Waals surface area contributed by atoms with Gasteiger partial charge in [0.2, 0.25) is 5.91 Å². The van der Waals surface area contributed by atoms with Crippen molar-refractivity contribution in [3.05, 3.63) is 47.0 Å². The van der Waals surface area contributed by atoms with E-state index >= 15 is 0 Å². The van der Waals surface area contributed by atoms with Gasteiger partial charge in [-0.15, -0.1) is 0 Å². The Morgan fingerprint density at radius 2 is 1.87 bits per heavy atom. The Kier molecular flexibility index (Phi) is 5.80. The summed E-state index contributed by atoms with van der Waals surface area (Å²) in [6.07, 6.45) is 2.97. The van der Waals surface area contributed by atoms with Crippen LogP contribution in [0.4, 0.5) is 5.69 Å². The first kappa shape index (κ1) is 20.8. The molecule has 1 heterocycles. The summed E-state index contributed by atoms with van der Waals surface area (Å²) in [4.78, 5) is 15.1. The van der Waals surface area contributed by atoms with Gasteiger partial charge in [-0.2, -0.15) is 0 Å². The fourth-order valence-corrected chi connectivity index (χ4v) is 4.75. The van der Waals surface area contributed by atoms with Gasteiger partial charge in [-0.05, 0) is 73.7 Å². The zero-order valence-electron chi connectivity index (χ0n) is 17.3. The number of benzene rings is 2. The number of hydrogen-bond donors (Lipinski definition) is 2. The molecule has 1 saturated carbocycles. The predicted molar refractivity (Wildman–Crippen MR) is 116 cm³/mol. The highest BCUT2D eigenvalue weighted by atomic mass is 35.5. The van der Waals surface area contributed by atoms with Crippen molar-refractivity contribution in [3.8, 4) is 17.2 Å². The standard InChI is InChI=1S/C23H27ClN2O4/c1-29-20-6-4-16(12-18(20)24)25-22(28)17-13-23(17)7-9-26(10-8-23)14-15-3-5-21(30-2)19(27)11-15/h3-6,11-12,17,27H,7-10,13-14H2,1-2H3,(H,25,28). The van der Waals surface area contributed by atoms with E-state index in [0.29, 0.717) is 22.2 Å². The molecule has 7 heteroatoms. The summed E-state index contributed by atoms with van der Waals surface area (Å²) in [6.45, 7) is 2.69. The van der Waals surface area contributed by atoms with Crippen LogP contribution in [0.1, 0.15) is 24.8 Å². The summed E-state index contributed by atoms with van der Waals surface area (Å²) < 4.78 is 10.3. The van der Waals surface area contributed by atoms with Gasteiger partial charge in [0.1, 0.15) is 5.75 Å². The highest BCUT2D eigenvalue weighted by Crippen LogP contribution is 2.59. The summed E-state index contributed by atoms with van der Waals surface area (Å²) in [7, 11) is 3.11. The number of carbonyl (C=O) groups is 1. The van der Waals surface area contributed by atoms with Crippen molar-refractivity contribution < 1.29 is 19.4 Å². The van der Waals surface area contributed by atoms with Crippen LogP contribution in [0.15, 0.2) is 36.4 Å². The maximum atomic E-state index is 12.7. The van der Waals surface area contributed by atoms with Crippen LogP contribution in [0, 0.1) is 11.3 Å². The Balaban J connectivity index is 1.29. The number of phenols is 1. The number of likely N-dealkylation sites (tertiary alicyclic amines) is 1. The molecule has 1 amide bonds. The second kappa shape index (κ2) is 8.36. The van der Waals surface area contributed by atoms with Gasteiger partial charge in [-0.25, -0.2) is 0 Å². The lowest BCUT2D eigenvalue weighted by Gasteiger charge is -2.32. The Bertz CT molecular complexity index is 941. The number of anilines is 1. The number of phenolic OH excluding ortho intramolecular Hbond substituents is 1. The van der Waals surface area contributed by atoms with Crippen molar-refractivity contribution in [1.82, 2.24) is 4.90 Å². The van der Waals surface area contributed by atoms with Crippen LogP contribution in [0.25, 0.3) is 0 Å². The van der Waals surface area contributed by atoms with E-state index in [-0.39, 0.29) is 23.0 Å². The molecule has 0 radical (unpaired) electrons. The molecule has 6 nitrogen and oxygen atoms in total. The maximum Gasteiger partial charge on any atom is 0.228 e. The molecule has 2 aliphatic rings. The minimum absolute atomic E-state index is 0.0607. The van der Waals surface area contributed by atoms with Crippen molar-refractivity contribution in [2.45, 2.75) is 25.8 Å². The third-order valence-corrected chi connectivity index (χ3v) is 6.72. The minimum atomic E-state index is 0.0607. The summed E-state index contributed by atoms with van der Waals surface area (Å²) in [5.41, 5.74) is 1.88. The zero-order valence-corrected chi connectivity index (χ0v) is 18.0. The fourth-order valence-electron chi connectivity index (χ4n) is 4.49. The second-order valence-electron chi connectivity index (χ2n) is 8.24. The van der Waals surface area contributed by atoms with Crippen molar-refractivity contribution in [3.63, 3.8) is 0 Å². The third-order valence-electron chi connectivity index (χ3n) is 6.43. The van der Waals surface area contributed by atoms with Gasteiger partial charge in [-0.1, -0.05) is 17.7 Å². The molecule has 0 bridgehead atoms. The van der Waals surface area contributed by atoms with Gasteiger partial charge < -0.3 is 19.9 Å². The molecule has 4 rings (SSSR count). The van der Waals surface area contributed by atoms with Gasteiger partial charge in [0, 0.05) is 18.2 Å². The first-order valence-corrected chi connectivity index (χ1v) is 10.5. The lowest BCUT2D eigenvalue weighted by molar-refractivity contribution is -0.118. The quantitative estimate of drug-likeness (QED) is 0.714. The minimum Gasteiger partial charge on any atom is -0.504 e. The van der Waals surface area contributed by atoms with Crippen LogP contribution in [0.3, 0.4) is 0 Å². The molecule has 1 spiro atoms. The van der Waals surface area contributed by atoms with Crippen molar-refractivity contribution in [1.29, 1.82) is 0 Å². The van der Waals surface area contributed by atoms with Crippen LogP contribution in [-0.4, -0.2) is 43.2 Å². The van der Waals surface area contributed by atoms with E-state index in [0.717, 1.165) is 44.5 Å². The van der Waals surface area contributed by atoms with Crippen LogP contribution in [-0.2, 0) is 11.3 Å². The largest absolute Gasteiger partial charge is 0.504 e. The number of ether oxygens (including phenoxy) is 2. The van der Waals surface area contributed by atoms with Gasteiger partial charge >= 0.3 is 0 Å². The Morgan fingerprint density at radius 1 is 1.17 bits per heavy atom. The van der Waals surface area contributed by atoms with Gasteiger partial charge in [-0.3, -0.25) is 9.69 Å². The van der Waals surface area contributed by atoms with Crippen LogP contribution < -0.4 is 14.8 Å². The molecule has 2 aromatic rings.